The van der Waals surface area contributed by atoms with Gasteiger partial charge < -0.3 is 5.32 Å². The van der Waals surface area contributed by atoms with Crippen LogP contribution in [0.25, 0.3) is 0 Å². The third-order valence-electron chi connectivity index (χ3n) is 3.58. The van der Waals surface area contributed by atoms with Gasteiger partial charge in [0, 0.05) is 21.2 Å². The lowest BCUT2D eigenvalue weighted by molar-refractivity contribution is 0.645. The maximum atomic E-state index is 3.53. The SMILES string of the molecule is CNC(CSc1cccc(Br)c1)C1=CCCCCC1. The minimum Gasteiger partial charge on any atom is -0.313 e. The highest BCUT2D eigenvalue weighted by molar-refractivity contribution is 9.10. The van der Waals surface area contributed by atoms with E-state index in [1.807, 2.05) is 11.8 Å². The fraction of sp³-hybridized carbons (Fsp3) is 0.500. The minimum atomic E-state index is 0.516. The van der Waals surface area contributed by atoms with Gasteiger partial charge in [0.15, 0.2) is 0 Å². The van der Waals surface area contributed by atoms with Crippen molar-refractivity contribution in [3.63, 3.8) is 0 Å². The van der Waals surface area contributed by atoms with Crippen LogP contribution >= 0.6 is 27.7 Å². The second-order valence-corrected chi connectivity index (χ2v) is 7.00. The van der Waals surface area contributed by atoms with Crippen molar-refractivity contribution in [2.75, 3.05) is 12.8 Å². The molecule has 1 aromatic carbocycles. The van der Waals surface area contributed by atoms with Crippen molar-refractivity contribution in [1.29, 1.82) is 0 Å². The Morgan fingerprint density at radius 3 is 3.00 bits per heavy atom. The lowest BCUT2D eigenvalue weighted by Gasteiger charge is -2.19. The van der Waals surface area contributed by atoms with Gasteiger partial charge in [-0.15, -0.1) is 11.8 Å². The number of benzene rings is 1. The van der Waals surface area contributed by atoms with Crippen molar-refractivity contribution < 1.29 is 0 Å². The Kier molecular flexibility index (Phi) is 6.48. The number of allylic oxidation sites excluding steroid dienone is 1. The van der Waals surface area contributed by atoms with E-state index < -0.39 is 0 Å². The van der Waals surface area contributed by atoms with Crippen LogP contribution in [0.15, 0.2) is 45.3 Å². The first kappa shape index (κ1) is 15.1. The van der Waals surface area contributed by atoms with Crippen molar-refractivity contribution in [3.05, 3.63) is 40.4 Å². The number of thioether (sulfide) groups is 1. The average molecular weight is 340 g/mol. The molecule has 0 fully saturated rings. The molecule has 0 spiro atoms. The summed E-state index contributed by atoms with van der Waals surface area (Å²) < 4.78 is 1.16. The van der Waals surface area contributed by atoms with Crippen LogP contribution in [0.2, 0.25) is 0 Å². The summed E-state index contributed by atoms with van der Waals surface area (Å²) >= 11 is 5.47. The summed E-state index contributed by atoms with van der Waals surface area (Å²) in [7, 11) is 2.08. The van der Waals surface area contributed by atoms with Crippen LogP contribution in [0.4, 0.5) is 0 Å². The van der Waals surface area contributed by atoms with Gasteiger partial charge in [0.25, 0.3) is 0 Å². The van der Waals surface area contributed by atoms with E-state index in [-0.39, 0.29) is 0 Å². The molecular weight excluding hydrogens is 318 g/mol. The molecule has 1 aliphatic carbocycles. The average Bonchev–Trinajstić information content (AvgIpc) is 2.69. The van der Waals surface area contributed by atoms with Gasteiger partial charge in [-0.3, -0.25) is 0 Å². The first-order chi connectivity index (χ1) is 9.29. The van der Waals surface area contributed by atoms with Crippen LogP contribution in [0.5, 0.6) is 0 Å². The van der Waals surface area contributed by atoms with E-state index in [9.17, 15) is 0 Å². The summed E-state index contributed by atoms with van der Waals surface area (Å²) in [6, 6.07) is 9.07. The van der Waals surface area contributed by atoms with Crippen LogP contribution in [0.3, 0.4) is 0 Å². The Hall–Kier alpha value is -0.250. The molecule has 0 amide bonds. The van der Waals surface area contributed by atoms with Gasteiger partial charge in [0.1, 0.15) is 0 Å². The van der Waals surface area contributed by atoms with Gasteiger partial charge in [-0.25, -0.2) is 0 Å². The monoisotopic (exact) mass is 339 g/mol. The summed E-state index contributed by atoms with van der Waals surface area (Å²) in [6.07, 6.45) is 9.09. The van der Waals surface area contributed by atoms with Crippen LogP contribution in [-0.2, 0) is 0 Å². The molecule has 1 N–H and O–H groups in total. The fourth-order valence-corrected chi connectivity index (χ4v) is 4.14. The van der Waals surface area contributed by atoms with Crippen LogP contribution in [-0.4, -0.2) is 18.8 Å². The first-order valence-electron chi connectivity index (χ1n) is 7.04. The summed E-state index contributed by atoms with van der Waals surface area (Å²) in [5, 5.41) is 3.48. The molecule has 0 radical (unpaired) electrons. The van der Waals surface area contributed by atoms with Crippen LogP contribution in [0, 0.1) is 0 Å². The van der Waals surface area contributed by atoms with E-state index in [0.29, 0.717) is 6.04 Å². The topological polar surface area (TPSA) is 12.0 Å². The van der Waals surface area contributed by atoms with E-state index in [0.717, 1.165) is 10.2 Å². The normalized spacial score (nSPS) is 17.7. The van der Waals surface area contributed by atoms with E-state index in [4.69, 9.17) is 0 Å². The highest BCUT2D eigenvalue weighted by Gasteiger charge is 2.14. The lowest BCUT2D eigenvalue weighted by atomic mass is 10.0. The predicted octanol–water partition coefficient (Wildman–Crippen LogP) is 5.02. The quantitative estimate of drug-likeness (QED) is 0.597. The van der Waals surface area contributed by atoms with E-state index >= 15 is 0 Å². The number of hydrogen-bond donors (Lipinski definition) is 1. The Bertz CT molecular complexity index is 431. The van der Waals surface area contributed by atoms with Gasteiger partial charge in [-0.05, 0) is 50.9 Å². The third kappa shape index (κ3) is 4.97. The minimum absolute atomic E-state index is 0.516. The maximum Gasteiger partial charge on any atom is 0.0371 e. The van der Waals surface area contributed by atoms with E-state index in [2.05, 4.69) is 58.6 Å². The molecule has 3 heteroatoms. The van der Waals surface area contributed by atoms with E-state index in [1.165, 1.54) is 37.0 Å². The molecular formula is C16H22BrNS. The van der Waals surface area contributed by atoms with Gasteiger partial charge in [0.2, 0.25) is 0 Å². The number of hydrogen-bond acceptors (Lipinski definition) is 2. The molecule has 0 saturated heterocycles. The van der Waals surface area contributed by atoms with E-state index in [1.54, 1.807) is 5.57 Å². The zero-order chi connectivity index (χ0) is 13.5. The molecule has 0 aromatic heterocycles. The molecule has 0 saturated carbocycles. The van der Waals surface area contributed by atoms with Gasteiger partial charge in [-0.2, -0.15) is 0 Å². The molecule has 1 aromatic rings. The van der Waals surface area contributed by atoms with Crippen molar-refractivity contribution in [3.8, 4) is 0 Å². The number of rotatable bonds is 5. The molecule has 0 heterocycles. The highest BCUT2D eigenvalue weighted by Crippen LogP contribution is 2.26. The standard InChI is InChI=1S/C16H22BrNS/c1-18-16(13-7-4-2-3-5-8-13)12-19-15-10-6-9-14(17)11-15/h6-7,9-11,16,18H,2-5,8,12H2,1H3. The van der Waals surface area contributed by atoms with Crippen molar-refractivity contribution >= 4 is 27.7 Å². The Balaban J connectivity index is 1.93. The zero-order valence-corrected chi connectivity index (χ0v) is 13.9. The number of nitrogens with one attached hydrogen (secondary N) is 1. The number of halogens is 1. The molecule has 1 atom stereocenters. The Morgan fingerprint density at radius 2 is 2.21 bits per heavy atom. The van der Waals surface area contributed by atoms with Crippen LogP contribution < -0.4 is 5.32 Å². The van der Waals surface area contributed by atoms with Crippen molar-refractivity contribution in [1.82, 2.24) is 5.32 Å². The maximum absolute atomic E-state index is 3.53. The second-order valence-electron chi connectivity index (χ2n) is 4.99. The second kappa shape index (κ2) is 8.13. The molecule has 104 valence electrons. The van der Waals surface area contributed by atoms with Crippen molar-refractivity contribution in [2.45, 2.75) is 43.0 Å². The highest BCUT2D eigenvalue weighted by atomic mass is 79.9. The molecule has 19 heavy (non-hydrogen) atoms. The van der Waals surface area contributed by atoms with Gasteiger partial charge in [-0.1, -0.05) is 40.1 Å². The first-order valence-corrected chi connectivity index (χ1v) is 8.82. The smallest absolute Gasteiger partial charge is 0.0371 e. The van der Waals surface area contributed by atoms with Crippen LogP contribution in [0.1, 0.15) is 32.1 Å². The zero-order valence-electron chi connectivity index (χ0n) is 11.5. The molecule has 2 rings (SSSR count). The predicted molar refractivity (Wildman–Crippen MR) is 88.9 cm³/mol. The third-order valence-corrected chi connectivity index (χ3v) is 5.17. The number of likely N-dealkylation sites (N-methyl/N-ethyl adjacent to an activating group) is 1. The summed E-state index contributed by atoms with van der Waals surface area (Å²) in [5.74, 6) is 1.11. The Morgan fingerprint density at radius 1 is 1.32 bits per heavy atom. The molecule has 0 aliphatic heterocycles. The van der Waals surface area contributed by atoms with Gasteiger partial charge >= 0.3 is 0 Å². The fourth-order valence-electron chi connectivity index (χ4n) is 2.47. The summed E-state index contributed by atoms with van der Waals surface area (Å²) in [6.45, 7) is 0. The molecule has 0 bridgehead atoms. The van der Waals surface area contributed by atoms with Gasteiger partial charge in [0.05, 0.1) is 0 Å². The van der Waals surface area contributed by atoms with Crippen molar-refractivity contribution in [2.24, 2.45) is 0 Å². The molecule has 1 nitrogen and oxygen atoms in total. The summed E-state index contributed by atoms with van der Waals surface area (Å²) in [4.78, 5) is 1.34. The Labute approximate surface area is 129 Å². The summed E-state index contributed by atoms with van der Waals surface area (Å²) in [5.41, 5.74) is 1.61. The molecule has 1 unspecified atom stereocenters. The molecule has 1 aliphatic rings. The lowest BCUT2D eigenvalue weighted by Crippen LogP contribution is -2.29. The largest absolute Gasteiger partial charge is 0.313 e.